The zero-order valence-electron chi connectivity index (χ0n) is 7.85. The van der Waals surface area contributed by atoms with Gasteiger partial charge < -0.3 is 15.2 Å². The number of ether oxygens (including phenoxy) is 2. The van der Waals surface area contributed by atoms with Gasteiger partial charge in [-0.15, -0.1) is 0 Å². The van der Waals surface area contributed by atoms with Gasteiger partial charge in [-0.3, -0.25) is 0 Å². The molecule has 76 valence electrons. The highest BCUT2D eigenvalue weighted by atomic mass is 16.5. The lowest BCUT2D eigenvalue weighted by Crippen LogP contribution is -2.13. The van der Waals surface area contributed by atoms with Crippen LogP contribution in [0.15, 0.2) is 12.5 Å². The summed E-state index contributed by atoms with van der Waals surface area (Å²) in [6, 6.07) is 0. The van der Waals surface area contributed by atoms with Crippen LogP contribution in [0.25, 0.3) is 0 Å². The van der Waals surface area contributed by atoms with Gasteiger partial charge >= 0.3 is 0 Å². The maximum atomic E-state index is 5.62. The Morgan fingerprint density at radius 1 is 1.64 bits per heavy atom. The van der Waals surface area contributed by atoms with Crippen molar-refractivity contribution in [1.82, 2.24) is 9.97 Å². The number of nitrogens with zero attached hydrogens (tertiary/aromatic N) is 2. The van der Waals surface area contributed by atoms with Gasteiger partial charge in [-0.2, -0.15) is 0 Å². The summed E-state index contributed by atoms with van der Waals surface area (Å²) in [6.45, 7) is 2.21. The zero-order valence-corrected chi connectivity index (χ0v) is 7.85. The second-order valence-corrected chi connectivity index (χ2v) is 3.32. The van der Waals surface area contributed by atoms with Crippen LogP contribution >= 0.6 is 0 Å². The fraction of sp³-hybridized carbons (Fsp3) is 0.556. The van der Waals surface area contributed by atoms with Crippen LogP contribution in [0.2, 0.25) is 0 Å². The van der Waals surface area contributed by atoms with Crippen molar-refractivity contribution < 1.29 is 9.47 Å². The van der Waals surface area contributed by atoms with Crippen LogP contribution in [0.3, 0.4) is 0 Å². The molecule has 2 N–H and O–H groups in total. The molecule has 1 aliphatic heterocycles. The highest BCUT2D eigenvalue weighted by Gasteiger charge is 2.16. The largest absolute Gasteiger partial charge is 0.476 e. The molecule has 1 aromatic rings. The molecule has 0 bridgehead atoms. The molecule has 14 heavy (non-hydrogen) atoms. The number of nitrogens with two attached hydrogens (primary N) is 1. The molecule has 1 fully saturated rings. The first-order valence-electron chi connectivity index (χ1n) is 4.62. The molecular formula is C9H13N3O2. The van der Waals surface area contributed by atoms with Gasteiger partial charge in [0, 0.05) is 12.5 Å². The minimum absolute atomic E-state index is 0.462. The van der Waals surface area contributed by atoms with Gasteiger partial charge in [0.2, 0.25) is 5.88 Å². The maximum absolute atomic E-state index is 5.62. The molecule has 0 amide bonds. The summed E-state index contributed by atoms with van der Waals surface area (Å²) >= 11 is 0. The maximum Gasteiger partial charge on any atom is 0.240 e. The molecule has 1 saturated heterocycles. The molecule has 5 heteroatoms. The molecule has 0 aromatic carbocycles. The third-order valence-corrected chi connectivity index (χ3v) is 2.18. The van der Waals surface area contributed by atoms with E-state index in [-0.39, 0.29) is 0 Å². The molecule has 0 saturated carbocycles. The van der Waals surface area contributed by atoms with Gasteiger partial charge in [0.15, 0.2) is 0 Å². The van der Waals surface area contributed by atoms with Gasteiger partial charge in [0.1, 0.15) is 12.0 Å². The molecule has 0 aliphatic carbocycles. The first kappa shape index (κ1) is 9.21. The molecule has 2 heterocycles. The van der Waals surface area contributed by atoms with Crippen molar-refractivity contribution in [3.8, 4) is 5.88 Å². The highest BCUT2D eigenvalue weighted by Crippen LogP contribution is 2.18. The van der Waals surface area contributed by atoms with Gasteiger partial charge in [-0.05, 0) is 6.42 Å². The SMILES string of the molecule is Nc1cncnc1OCC1CCOC1. The van der Waals surface area contributed by atoms with Crippen LogP contribution in [0.1, 0.15) is 6.42 Å². The first-order valence-corrected chi connectivity index (χ1v) is 4.62. The van der Waals surface area contributed by atoms with E-state index in [4.69, 9.17) is 15.2 Å². The third-order valence-electron chi connectivity index (χ3n) is 2.18. The van der Waals surface area contributed by atoms with Gasteiger partial charge in [-0.1, -0.05) is 0 Å². The lowest BCUT2D eigenvalue weighted by Gasteiger charge is -2.10. The normalized spacial score (nSPS) is 21.0. The Morgan fingerprint density at radius 3 is 3.29 bits per heavy atom. The Morgan fingerprint density at radius 2 is 2.57 bits per heavy atom. The minimum Gasteiger partial charge on any atom is -0.476 e. The lowest BCUT2D eigenvalue weighted by molar-refractivity contribution is 0.165. The van der Waals surface area contributed by atoms with E-state index in [1.165, 1.54) is 12.5 Å². The van der Waals surface area contributed by atoms with E-state index in [9.17, 15) is 0 Å². The zero-order chi connectivity index (χ0) is 9.80. The van der Waals surface area contributed by atoms with E-state index in [2.05, 4.69) is 9.97 Å². The van der Waals surface area contributed by atoms with Crippen molar-refractivity contribution in [2.75, 3.05) is 25.6 Å². The Kier molecular flexibility index (Phi) is 2.78. The van der Waals surface area contributed by atoms with Crippen LogP contribution in [-0.2, 0) is 4.74 Å². The number of nitrogen functional groups attached to an aromatic ring is 1. The number of hydrogen-bond acceptors (Lipinski definition) is 5. The number of anilines is 1. The molecular weight excluding hydrogens is 182 g/mol. The summed E-state index contributed by atoms with van der Waals surface area (Å²) in [6.07, 6.45) is 4.01. The first-order chi connectivity index (χ1) is 6.86. The average molecular weight is 195 g/mol. The summed E-state index contributed by atoms with van der Waals surface area (Å²) < 4.78 is 10.7. The second-order valence-electron chi connectivity index (χ2n) is 3.32. The van der Waals surface area contributed by atoms with E-state index >= 15 is 0 Å². The third kappa shape index (κ3) is 2.11. The minimum atomic E-state index is 0.462. The van der Waals surface area contributed by atoms with Crippen LogP contribution in [0.4, 0.5) is 5.69 Å². The molecule has 1 aromatic heterocycles. The fourth-order valence-corrected chi connectivity index (χ4v) is 1.36. The summed E-state index contributed by atoms with van der Waals surface area (Å²) in [5, 5.41) is 0. The summed E-state index contributed by atoms with van der Waals surface area (Å²) in [4.78, 5) is 7.72. The lowest BCUT2D eigenvalue weighted by atomic mass is 10.1. The Balaban J connectivity index is 1.88. The predicted octanol–water partition coefficient (Wildman–Crippen LogP) is 0.474. The molecule has 1 atom stereocenters. The van der Waals surface area contributed by atoms with Crippen LogP contribution in [0.5, 0.6) is 5.88 Å². The topological polar surface area (TPSA) is 70.3 Å². The number of rotatable bonds is 3. The Bertz CT molecular complexity index is 300. The molecule has 2 rings (SSSR count). The smallest absolute Gasteiger partial charge is 0.240 e. The van der Waals surface area contributed by atoms with E-state index < -0.39 is 0 Å². The van der Waals surface area contributed by atoms with Crippen molar-refractivity contribution >= 4 is 5.69 Å². The van der Waals surface area contributed by atoms with Crippen molar-refractivity contribution in [1.29, 1.82) is 0 Å². The van der Waals surface area contributed by atoms with Crippen LogP contribution < -0.4 is 10.5 Å². The van der Waals surface area contributed by atoms with Crippen LogP contribution in [0, 0.1) is 5.92 Å². The predicted molar refractivity (Wildman–Crippen MR) is 50.9 cm³/mol. The van der Waals surface area contributed by atoms with E-state index in [1.807, 2.05) is 0 Å². The average Bonchev–Trinajstić information content (AvgIpc) is 2.69. The fourth-order valence-electron chi connectivity index (χ4n) is 1.36. The Labute approximate surface area is 82.3 Å². The van der Waals surface area contributed by atoms with Crippen molar-refractivity contribution in [3.05, 3.63) is 12.5 Å². The van der Waals surface area contributed by atoms with Gasteiger partial charge in [0.05, 0.1) is 19.4 Å². The number of aromatic nitrogens is 2. The molecule has 5 nitrogen and oxygen atoms in total. The highest BCUT2D eigenvalue weighted by molar-refractivity contribution is 5.44. The quantitative estimate of drug-likeness (QED) is 0.759. The van der Waals surface area contributed by atoms with Gasteiger partial charge in [-0.25, -0.2) is 9.97 Å². The number of hydrogen-bond donors (Lipinski definition) is 1. The van der Waals surface area contributed by atoms with E-state index in [0.717, 1.165) is 19.6 Å². The van der Waals surface area contributed by atoms with E-state index in [1.54, 1.807) is 0 Å². The summed E-state index contributed by atoms with van der Waals surface area (Å²) in [5.41, 5.74) is 6.10. The summed E-state index contributed by atoms with van der Waals surface area (Å²) in [5.74, 6) is 0.927. The van der Waals surface area contributed by atoms with Crippen molar-refractivity contribution in [2.24, 2.45) is 5.92 Å². The van der Waals surface area contributed by atoms with Crippen molar-refractivity contribution in [3.63, 3.8) is 0 Å². The molecule has 0 spiro atoms. The Hall–Kier alpha value is -1.36. The molecule has 1 unspecified atom stereocenters. The monoisotopic (exact) mass is 195 g/mol. The second kappa shape index (κ2) is 4.23. The van der Waals surface area contributed by atoms with Crippen molar-refractivity contribution in [2.45, 2.75) is 6.42 Å². The summed E-state index contributed by atoms with van der Waals surface area (Å²) in [7, 11) is 0. The van der Waals surface area contributed by atoms with Crippen LogP contribution in [-0.4, -0.2) is 29.8 Å². The van der Waals surface area contributed by atoms with Gasteiger partial charge in [0.25, 0.3) is 0 Å². The molecule has 1 aliphatic rings. The van der Waals surface area contributed by atoms with E-state index in [0.29, 0.717) is 24.1 Å². The standard InChI is InChI=1S/C9H13N3O2/c10-8-3-11-6-12-9(8)14-5-7-1-2-13-4-7/h3,6-7H,1-2,4-5,10H2. The molecule has 0 radical (unpaired) electrons.